The highest BCUT2D eigenvalue weighted by molar-refractivity contribution is 9.11. The Labute approximate surface area is 134 Å². The summed E-state index contributed by atoms with van der Waals surface area (Å²) in [5.41, 5.74) is 6.67. The lowest BCUT2D eigenvalue weighted by Crippen LogP contribution is -2.09. The number of halogens is 2. The van der Waals surface area contributed by atoms with E-state index in [9.17, 15) is 0 Å². The number of hydrogen-bond donors (Lipinski definition) is 1. The van der Waals surface area contributed by atoms with Crippen LogP contribution in [0.15, 0.2) is 27.4 Å². The number of aryl methyl sites for hydroxylation is 1. The molecule has 0 unspecified atom stereocenters. The van der Waals surface area contributed by atoms with E-state index >= 15 is 0 Å². The maximum atomic E-state index is 5.84. The van der Waals surface area contributed by atoms with Crippen LogP contribution in [-0.4, -0.2) is 14.8 Å². The molecule has 1 heterocycles. The number of hydrogen-bond acceptors (Lipinski definition) is 4. The minimum absolute atomic E-state index is 0.374. The van der Waals surface area contributed by atoms with Gasteiger partial charge in [0.05, 0.1) is 8.95 Å². The summed E-state index contributed by atoms with van der Waals surface area (Å²) in [5.74, 6) is 1.56. The molecule has 2 rings (SSSR count). The predicted molar refractivity (Wildman–Crippen MR) is 84.4 cm³/mol. The first kappa shape index (κ1) is 15.5. The zero-order valence-corrected chi connectivity index (χ0v) is 14.3. The molecule has 0 atom stereocenters. The van der Waals surface area contributed by atoms with Gasteiger partial charge in [0.2, 0.25) is 0 Å². The van der Waals surface area contributed by atoms with Crippen molar-refractivity contribution in [2.45, 2.75) is 33.0 Å². The Hall–Kier alpha value is -0.920. The van der Waals surface area contributed by atoms with E-state index in [1.165, 1.54) is 0 Å². The molecule has 7 heteroatoms. The minimum atomic E-state index is 0.374. The molecule has 0 radical (unpaired) electrons. The third-order valence-electron chi connectivity index (χ3n) is 2.77. The summed E-state index contributed by atoms with van der Waals surface area (Å²) in [7, 11) is 0. The lowest BCUT2D eigenvalue weighted by Gasteiger charge is -2.12. The van der Waals surface area contributed by atoms with Gasteiger partial charge in [0, 0.05) is 13.1 Å². The summed E-state index contributed by atoms with van der Waals surface area (Å²) in [4.78, 5) is 4.22. The van der Waals surface area contributed by atoms with Crippen LogP contribution in [0.5, 0.6) is 5.75 Å². The van der Waals surface area contributed by atoms with E-state index in [0.29, 0.717) is 13.2 Å². The Bertz CT molecular complexity index is 562. The monoisotopic (exact) mass is 402 g/mol. The van der Waals surface area contributed by atoms with Crippen LogP contribution >= 0.6 is 31.9 Å². The number of nitrogens with two attached hydrogens (primary N) is 1. The highest BCUT2D eigenvalue weighted by Gasteiger charge is 2.11. The van der Waals surface area contributed by atoms with Gasteiger partial charge < -0.3 is 10.5 Å². The first-order valence-corrected chi connectivity index (χ1v) is 7.91. The second-order valence-corrected chi connectivity index (χ2v) is 5.99. The molecule has 20 heavy (non-hydrogen) atoms. The molecule has 0 aliphatic rings. The number of rotatable bonds is 6. The molecule has 0 spiro atoms. The lowest BCUT2D eigenvalue weighted by molar-refractivity contribution is 0.282. The largest absolute Gasteiger partial charge is 0.483 e. The average Bonchev–Trinajstić information content (AvgIpc) is 2.85. The third kappa shape index (κ3) is 3.59. The van der Waals surface area contributed by atoms with Crippen molar-refractivity contribution in [2.75, 3.05) is 0 Å². The highest BCUT2D eigenvalue weighted by Crippen LogP contribution is 2.35. The van der Waals surface area contributed by atoms with E-state index in [0.717, 1.165) is 39.0 Å². The fourth-order valence-corrected chi connectivity index (χ4v) is 3.31. The maximum absolute atomic E-state index is 5.84. The van der Waals surface area contributed by atoms with Gasteiger partial charge in [0.1, 0.15) is 18.7 Å². The highest BCUT2D eigenvalue weighted by atomic mass is 79.9. The summed E-state index contributed by atoms with van der Waals surface area (Å²) in [5, 5.41) is 4.18. The normalized spacial score (nSPS) is 10.8. The van der Waals surface area contributed by atoms with Crippen LogP contribution in [-0.2, 0) is 19.7 Å². The predicted octanol–water partition coefficient (Wildman–Crippen LogP) is 3.25. The Morgan fingerprint density at radius 2 is 2.00 bits per heavy atom. The Morgan fingerprint density at radius 1 is 1.30 bits per heavy atom. The molecule has 0 fully saturated rings. The van der Waals surface area contributed by atoms with E-state index in [4.69, 9.17) is 10.5 Å². The number of ether oxygens (including phenoxy) is 1. The van der Waals surface area contributed by atoms with Gasteiger partial charge in [-0.3, -0.25) is 0 Å². The average molecular weight is 404 g/mol. The van der Waals surface area contributed by atoms with Crippen LogP contribution in [0, 0.1) is 0 Å². The maximum Gasteiger partial charge on any atom is 0.164 e. The first-order chi connectivity index (χ1) is 9.65. The molecule has 0 bridgehead atoms. The minimum Gasteiger partial charge on any atom is -0.483 e. The van der Waals surface area contributed by atoms with E-state index in [1.807, 2.05) is 16.8 Å². The summed E-state index contributed by atoms with van der Waals surface area (Å²) < 4.78 is 9.44. The van der Waals surface area contributed by atoms with Crippen molar-refractivity contribution < 1.29 is 4.74 Å². The van der Waals surface area contributed by atoms with Crippen molar-refractivity contribution in [3.8, 4) is 5.75 Å². The first-order valence-electron chi connectivity index (χ1n) is 6.33. The second-order valence-electron chi connectivity index (χ2n) is 4.28. The smallest absolute Gasteiger partial charge is 0.164 e. The van der Waals surface area contributed by atoms with Crippen LogP contribution in [0.4, 0.5) is 0 Å². The zero-order valence-electron chi connectivity index (χ0n) is 11.1. The molecule has 1 aromatic heterocycles. The van der Waals surface area contributed by atoms with Crippen molar-refractivity contribution in [3.05, 3.63) is 38.8 Å². The van der Waals surface area contributed by atoms with E-state index < -0.39 is 0 Å². The molecule has 0 saturated heterocycles. The SMILES string of the molecule is CCCn1ncnc1COc1c(Br)cc(CN)cc1Br. The Morgan fingerprint density at radius 3 is 2.60 bits per heavy atom. The van der Waals surface area contributed by atoms with Crippen molar-refractivity contribution >= 4 is 31.9 Å². The van der Waals surface area contributed by atoms with Gasteiger partial charge in [-0.15, -0.1) is 0 Å². The zero-order chi connectivity index (χ0) is 14.5. The van der Waals surface area contributed by atoms with Gasteiger partial charge in [-0.25, -0.2) is 9.67 Å². The molecule has 0 saturated carbocycles. The van der Waals surface area contributed by atoms with Crippen LogP contribution < -0.4 is 10.5 Å². The number of benzene rings is 1. The Kier molecular flexibility index (Phi) is 5.56. The summed E-state index contributed by atoms with van der Waals surface area (Å²) >= 11 is 7.00. The molecular weight excluding hydrogens is 388 g/mol. The van der Waals surface area contributed by atoms with Crippen molar-refractivity contribution in [2.24, 2.45) is 5.73 Å². The molecule has 2 N–H and O–H groups in total. The van der Waals surface area contributed by atoms with Gasteiger partial charge in [-0.1, -0.05) is 6.92 Å². The fourth-order valence-electron chi connectivity index (χ4n) is 1.80. The van der Waals surface area contributed by atoms with Crippen LogP contribution in [0.1, 0.15) is 24.7 Å². The van der Waals surface area contributed by atoms with Crippen molar-refractivity contribution in [1.82, 2.24) is 14.8 Å². The van der Waals surface area contributed by atoms with E-state index in [1.54, 1.807) is 6.33 Å². The number of aromatic nitrogens is 3. The summed E-state index contributed by atoms with van der Waals surface area (Å²) in [6, 6.07) is 3.91. The summed E-state index contributed by atoms with van der Waals surface area (Å²) in [6.07, 6.45) is 2.56. The van der Waals surface area contributed by atoms with Gasteiger partial charge in [0.15, 0.2) is 5.82 Å². The Balaban J connectivity index is 2.13. The lowest BCUT2D eigenvalue weighted by atomic mass is 10.2. The molecule has 0 amide bonds. The fraction of sp³-hybridized carbons (Fsp3) is 0.385. The molecule has 0 aliphatic carbocycles. The van der Waals surface area contributed by atoms with Gasteiger partial charge >= 0.3 is 0 Å². The van der Waals surface area contributed by atoms with Crippen molar-refractivity contribution in [1.29, 1.82) is 0 Å². The van der Waals surface area contributed by atoms with Gasteiger partial charge in [-0.2, -0.15) is 5.10 Å². The van der Waals surface area contributed by atoms with Crippen LogP contribution in [0.3, 0.4) is 0 Å². The molecule has 1 aromatic carbocycles. The standard InChI is InChI=1S/C13H16Br2N4O/c1-2-3-19-12(17-8-18-19)7-20-13-10(14)4-9(6-16)5-11(13)15/h4-5,8H,2-3,6-7,16H2,1H3. The third-order valence-corrected chi connectivity index (χ3v) is 3.95. The number of nitrogens with zero attached hydrogens (tertiary/aromatic N) is 3. The molecular formula is C13H16Br2N4O. The van der Waals surface area contributed by atoms with E-state index in [2.05, 4.69) is 48.9 Å². The van der Waals surface area contributed by atoms with Crippen molar-refractivity contribution in [3.63, 3.8) is 0 Å². The summed E-state index contributed by atoms with van der Waals surface area (Å²) in [6.45, 7) is 3.81. The second kappa shape index (κ2) is 7.19. The molecule has 0 aliphatic heterocycles. The molecule has 108 valence electrons. The molecule has 5 nitrogen and oxygen atoms in total. The van der Waals surface area contributed by atoms with Gasteiger partial charge in [0.25, 0.3) is 0 Å². The van der Waals surface area contributed by atoms with Crippen LogP contribution in [0.2, 0.25) is 0 Å². The van der Waals surface area contributed by atoms with Gasteiger partial charge in [-0.05, 0) is 56.0 Å². The van der Waals surface area contributed by atoms with Crippen LogP contribution in [0.25, 0.3) is 0 Å². The molecule has 2 aromatic rings. The topological polar surface area (TPSA) is 66.0 Å². The van der Waals surface area contributed by atoms with E-state index in [-0.39, 0.29) is 0 Å². The quantitative estimate of drug-likeness (QED) is 0.803.